The summed E-state index contributed by atoms with van der Waals surface area (Å²) < 4.78 is 2.68. The van der Waals surface area contributed by atoms with E-state index in [2.05, 4.69) is 20.6 Å². The van der Waals surface area contributed by atoms with Crippen molar-refractivity contribution in [1.82, 2.24) is 19.9 Å². The summed E-state index contributed by atoms with van der Waals surface area (Å²) in [5.41, 5.74) is 3.85. The summed E-state index contributed by atoms with van der Waals surface area (Å²) in [7, 11) is 0. The fourth-order valence-electron chi connectivity index (χ4n) is 1.33. The Bertz CT molecular complexity index is 618. The molecule has 3 aromatic rings. The van der Waals surface area contributed by atoms with E-state index in [0.717, 1.165) is 15.3 Å². The molecule has 2 aromatic heterocycles. The molecular formula is C9H6ClN5S. The molecule has 0 atom stereocenters. The van der Waals surface area contributed by atoms with E-state index in [-0.39, 0.29) is 0 Å². The third-order valence-electron chi connectivity index (χ3n) is 2.01. The molecule has 0 aliphatic carbocycles. The molecule has 0 bridgehead atoms. The van der Waals surface area contributed by atoms with Crippen molar-refractivity contribution in [2.45, 2.75) is 0 Å². The van der Waals surface area contributed by atoms with Crippen LogP contribution in [-0.4, -0.2) is 19.9 Å². The number of hydrogen-bond donors (Lipinski definition) is 1. The van der Waals surface area contributed by atoms with Crippen LogP contribution in [0.1, 0.15) is 0 Å². The Morgan fingerprint density at radius 1 is 1.25 bits per heavy atom. The van der Waals surface area contributed by atoms with E-state index >= 15 is 0 Å². The number of para-hydroxylation sites is 1. The fourth-order valence-corrected chi connectivity index (χ4v) is 2.50. The van der Waals surface area contributed by atoms with Crippen LogP contribution in [0.5, 0.6) is 0 Å². The molecule has 1 N–H and O–H groups in total. The zero-order valence-electron chi connectivity index (χ0n) is 7.96. The van der Waals surface area contributed by atoms with E-state index in [4.69, 9.17) is 11.6 Å². The zero-order valence-corrected chi connectivity index (χ0v) is 9.53. The largest absolute Gasteiger partial charge is 0.266 e. The van der Waals surface area contributed by atoms with Crippen LogP contribution in [0.3, 0.4) is 0 Å². The Hall–Kier alpha value is -1.66. The lowest BCUT2D eigenvalue weighted by Gasteiger charge is -1.98. The monoisotopic (exact) mass is 251 g/mol. The maximum Gasteiger partial charge on any atom is 0.203 e. The highest BCUT2D eigenvalue weighted by Crippen LogP contribution is 2.30. The van der Waals surface area contributed by atoms with Gasteiger partial charge in [-0.2, -0.15) is 0 Å². The number of nitrogens with one attached hydrogen (secondary N) is 1. The average molecular weight is 252 g/mol. The number of nitrogens with zero attached hydrogens (tertiary/aromatic N) is 4. The van der Waals surface area contributed by atoms with Gasteiger partial charge >= 0.3 is 0 Å². The van der Waals surface area contributed by atoms with Crippen LogP contribution < -0.4 is 5.43 Å². The van der Waals surface area contributed by atoms with E-state index < -0.39 is 0 Å². The Morgan fingerprint density at radius 3 is 2.81 bits per heavy atom. The summed E-state index contributed by atoms with van der Waals surface area (Å²) in [4.78, 5) is 4.39. The van der Waals surface area contributed by atoms with Crippen molar-refractivity contribution in [2.75, 3.05) is 5.43 Å². The van der Waals surface area contributed by atoms with Gasteiger partial charge in [0, 0.05) is 0 Å². The number of anilines is 1. The molecule has 0 spiro atoms. The number of aromatic nitrogens is 4. The van der Waals surface area contributed by atoms with Crippen molar-refractivity contribution in [3.8, 4) is 0 Å². The first-order valence-corrected chi connectivity index (χ1v) is 5.69. The fraction of sp³-hybridized carbons (Fsp3) is 0. The zero-order chi connectivity index (χ0) is 11.0. The highest BCUT2D eigenvalue weighted by atomic mass is 35.5. The van der Waals surface area contributed by atoms with Crippen LogP contribution in [-0.2, 0) is 0 Å². The van der Waals surface area contributed by atoms with Gasteiger partial charge in [0.25, 0.3) is 0 Å². The Balaban J connectivity index is 2.02. The molecule has 2 heterocycles. The summed E-state index contributed by atoms with van der Waals surface area (Å²) in [6.45, 7) is 0. The molecule has 7 heteroatoms. The summed E-state index contributed by atoms with van der Waals surface area (Å²) in [6, 6.07) is 5.72. The number of rotatable bonds is 2. The predicted molar refractivity (Wildman–Crippen MR) is 63.7 cm³/mol. The molecule has 5 nitrogen and oxygen atoms in total. The normalized spacial score (nSPS) is 10.8. The molecule has 0 aliphatic heterocycles. The van der Waals surface area contributed by atoms with Gasteiger partial charge in [-0.05, 0) is 12.1 Å². The maximum atomic E-state index is 6.04. The van der Waals surface area contributed by atoms with E-state index in [0.29, 0.717) is 5.02 Å². The molecule has 0 aliphatic rings. The first-order chi connectivity index (χ1) is 7.83. The van der Waals surface area contributed by atoms with Crippen LogP contribution in [0, 0.1) is 0 Å². The van der Waals surface area contributed by atoms with Gasteiger partial charge < -0.3 is 0 Å². The van der Waals surface area contributed by atoms with Crippen molar-refractivity contribution < 1.29 is 0 Å². The molecule has 0 amide bonds. The number of hydrogen-bond acceptors (Lipinski definition) is 5. The van der Waals surface area contributed by atoms with Crippen LogP contribution in [0.2, 0.25) is 5.02 Å². The van der Waals surface area contributed by atoms with Gasteiger partial charge in [-0.1, -0.05) is 29.0 Å². The van der Waals surface area contributed by atoms with Gasteiger partial charge in [-0.15, -0.1) is 10.2 Å². The number of fused-ring (bicyclic) bond motifs is 1. The SMILES string of the molecule is Clc1cccc2sc(Nn3cnnc3)nc12. The van der Waals surface area contributed by atoms with E-state index in [1.807, 2.05) is 18.2 Å². The highest BCUT2D eigenvalue weighted by Gasteiger charge is 2.06. The van der Waals surface area contributed by atoms with Gasteiger partial charge in [0.15, 0.2) is 0 Å². The molecule has 0 fully saturated rings. The van der Waals surface area contributed by atoms with Crippen LogP contribution in [0.15, 0.2) is 30.9 Å². The molecular weight excluding hydrogens is 246 g/mol. The van der Waals surface area contributed by atoms with Crippen molar-refractivity contribution >= 4 is 38.3 Å². The summed E-state index contributed by atoms with van der Waals surface area (Å²) in [5, 5.41) is 8.79. The number of halogens is 1. The highest BCUT2D eigenvalue weighted by molar-refractivity contribution is 7.22. The maximum absolute atomic E-state index is 6.04. The van der Waals surface area contributed by atoms with Gasteiger partial charge in [0.2, 0.25) is 5.13 Å². The third-order valence-corrected chi connectivity index (χ3v) is 3.24. The molecule has 0 unspecified atom stereocenters. The Morgan fingerprint density at radius 2 is 2.06 bits per heavy atom. The van der Waals surface area contributed by atoms with E-state index in [9.17, 15) is 0 Å². The van der Waals surface area contributed by atoms with Gasteiger partial charge in [-0.25, -0.2) is 9.66 Å². The molecule has 0 radical (unpaired) electrons. The van der Waals surface area contributed by atoms with Gasteiger partial charge in [0.05, 0.1) is 9.72 Å². The number of thiazole rings is 1. The molecule has 16 heavy (non-hydrogen) atoms. The summed E-state index contributed by atoms with van der Waals surface area (Å²) >= 11 is 7.56. The van der Waals surface area contributed by atoms with E-state index in [1.54, 1.807) is 17.3 Å². The quantitative estimate of drug-likeness (QED) is 0.760. The molecule has 3 rings (SSSR count). The summed E-state index contributed by atoms with van der Waals surface area (Å²) in [6.07, 6.45) is 3.13. The third kappa shape index (κ3) is 1.62. The first kappa shape index (κ1) is 9.56. The lowest BCUT2D eigenvalue weighted by Crippen LogP contribution is -2.05. The smallest absolute Gasteiger partial charge is 0.203 e. The molecule has 0 saturated heterocycles. The van der Waals surface area contributed by atoms with E-state index in [1.165, 1.54) is 11.3 Å². The van der Waals surface area contributed by atoms with Crippen LogP contribution in [0.4, 0.5) is 5.13 Å². The minimum Gasteiger partial charge on any atom is -0.266 e. The second kappa shape index (κ2) is 3.73. The first-order valence-electron chi connectivity index (χ1n) is 4.49. The number of benzene rings is 1. The van der Waals surface area contributed by atoms with Crippen molar-refractivity contribution in [3.63, 3.8) is 0 Å². The van der Waals surface area contributed by atoms with Crippen molar-refractivity contribution in [2.24, 2.45) is 0 Å². The minimum atomic E-state index is 0.658. The molecule has 80 valence electrons. The van der Waals surface area contributed by atoms with Crippen molar-refractivity contribution in [3.05, 3.63) is 35.9 Å². The second-order valence-electron chi connectivity index (χ2n) is 3.09. The average Bonchev–Trinajstić information content (AvgIpc) is 2.88. The topological polar surface area (TPSA) is 55.6 Å². The lowest BCUT2D eigenvalue weighted by molar-refractivity contribution is 0.948. The van der Waals surface area contributed by atoms with Crippen LogP contribution in [0.25, 0.3) is 10.2 Å². The van der Waals surface area contributed by atoms with Gasteiger partial charge in [-0.3, -0.25) is 5.43 Å². The van der Waals surface area contributed by atoms with Crippen molar-refractivity contribution in [1.29, 1.82) is 0 Å². The molecule has 1 aromatic carbocycles. The predicted octanol–water partition coefficient (Wildman–Crippen LogP) is 2.42. The van der Waals surface area contributed by atoms with Crippen LogP contribution >= 0.6 is 22.9 Å². The Kier molecular flexibility index (Phi) is 2.23. The Labute approximate surface area is 99.7 Å². The summed E-state index contributed by atoms with van der Waals surface area (Å²) in [5.74, 6) is 0. The van der Waals surface area contributed by atoms with Gasteiger partial charge in [0.1, 0.15) is 18.2 Å². The standard InChI is InChI=1S/C9H6ClN5S/c10-6-2-1-3-7-8(6)13-9(16-7)14-15-4-11-12-5-15/h1-5H,(H,13,14). The molecule has 0 saturated carbocycles. The lowest BCUT2D eigenvalue weighted by atomic mass is 10.3. The minimum absolute atomic E-state index is 0.658. The second-order valence-corrected chi connectivity index (χ2v) is 4.52.